The Kier molecular flexibility index (Phi) is 5.23. The lowest BCUT2D eigenvalue weighted by Gasteiger charge is -2.43. The van der Waals surface area contributed by atoms with Crippen LogP contribution in [0.15, 0.2) is 79.1 Å². The van der Waals surface area contributed by atoms with Gasteiger partial charge in [0.25, 0.3) is 5.91 Å². The van der Waals surface area contributed by atoms with Crippen molar-refractivity contribution in [1.29, 1.82) is 0 Å². The predicted octanol–water partition coefficient (Wildman–Crippen LogP) is 3.85. The van der Waals surface area contributed by atoms with Crippen molar-refractivity contribution in [3.63, 3.8) is 0 Å². The zero-order valence-electron chi connectivity index (χ0n) is 16.9. The number of carbonyl (C=O) groups excluding carboxylic acids is 2. The molecule has 0 bridgehead atoms. The normalized spacial score (nSPS) is 17.9. The lowest BCUT2D eigenvalue weighted by atomic mass is 9.89. The van der Waals surface area contributed by atoms with Gasteiger partial charge in [0.05, 0.1) is 11.6 Å². The fourth-order valence-corrected chi connectivity index (χ4v) is 4.20. The maximum atomic E-state index is 13.3. The Bertz CT molecular complexity index is 1070. The van der Waals surface area contributed by atoms with Crippen molar-refractivity contribution in [3.8, 4) is 0 Å². The van der Waals surface area contributed by atoms with E-state index < -0.39 is 0 Å². The van der Waals surface area contributed by atoms with Crippen molar-refractivity contribution >= 4 is 23.2 Å². The molecule has 1 aliphatic heterocycles. The van der Waals surface area contributed by atoms with Crippen molar-refractivity contribution in [1.82, 2.24) is 0 Å². The highest BCUT2D eigenvalue weighted by atomic mass is 16.5. The SMILES string of the molecule is CC(=O)N(c1ccccc1)C1CC(C)N(C(=O)c2cc[n+]([O-])cc2)c2ccccc21. The first kappa shape index (κ1) is 19.6. The fourth-order valence-electron chi connectivity index (χ4n) is 4.20. The quantitative estimate of drug-likeness (QED) is 0.494. The Morgan fingerprint density at radius 1 is 1.00 bits per heavy atom. The van der Waals surface area contributed by atoms with E-state index in [4.69, 9.17) is 0 Å². The lowest BCUT2D eigenvalue weighted by molar-refractivity contribution is -0.605. The molecule has 2 amide bonds. The molecule has 2 atom stereocenters. The summed E-state index contributed by atoms with van der Waals surface area (Å²) in [5.74, 6) is -0.209. The first-order chi connectivity index (χ1) is 14.5. The van der Waals surface area contributed by atoms with E-state index in [1.54, 1.807) is 16.7 Å². The van der Waals surface area contributed by atoms with Gasteiger partial charge in [0.1, 0.15) is 0 Å². The monoisotopic (exact) mass is 401 g/mol. The number of pyridine rings is 1. The number of fused-ring (bicyclic) bond motifs is 1. The Morgan fingerprint density at radius 2 is 1.63 bits per heavy atom. The summed E-state index contributed by atoms with van der Waals surface area (Å²) in [5, 5.41) is 11.4. The first-order valence-corrected chi connectivity index (χ1v) is 9.93. The third-order valence-corrected chi connectivity index (χ3v) is 5.51. The van der Waals surface area contributed by atoms with Gasteiger partial charge < -0.3 is 15.0 Å². The van der Waals surface area contributed by atoms with Crippen LogP contribution in [0.5, 0.6) is 0 Å². The topological polar surface area (TPSA) is 67.6 Å². The summed E-state index contributed by atoms with van der Waals surface area (Å²) in [6, 6.07) is 20.1. The molecule has 1 aromatic heterocycles. The number of aromatic nitrogens is 1. The number of rotatable bonds is 3. The van der Waals surface area contributed by atoms with Crippen LogP contribution in [0.1, 0.15) is 42.2 Å². The van der Waals surface area contributed by atoms with E-state index >= 15 is 0 Å². The average Bonchev–Trinajstić information content (AvgIpc) is 2.74. The zero-order chi connectivity index (χ0) is 21.3. The highest BCUT2D eigenvalue weighted by Crippen LogP contribution is 2.42. The molecule has 0 N–H and O–H groups in total. The Hall–Kier alpha value is -3.67. The minimum atomic E-state index is -0.181. The molecule has 0 fully saturated rings. The Labute approximate surface area is 175 Å². The van der Waals surface area contributed by atoms with Crippen LogP contribution in [0.25, 0.3) is 0 Å². The van der Waals surface area contributed by atoms with Crippen LogP contribution < -0.4 is 14.5 Å². The Balaban J connectivity index is 1.77. The molecule has 1 aliphatic rings. The van der Waals surface area contributed by atoms with Gasteiger partial charge in [-0.25, -0.2) is 0 Å². The predicted molar refractivity (Wildman–Crippen MR) is 115 cm³/mol. The third-order valence-electron chi connectivity index (χ3n) is 5.51. The molecule has 0 radical (unpaired) electrons. The Morgan fingerprint density at radius 3 is 2.30 bits per heavy atom. The maximum Gasteiger partial charge on any atom is 0.258 e. The van der Waals surface area contributed by atoms with Crippen molar-refractivity contribution in [3.05, 3.63) is 95.5 Å². The molecular weight excluding hydrogens is 378 g/mol. The van der Waals surface area contributed by atoms with Crippen LogP contribution in [0.4, 0.5) is 11.4 Å². The second-order valence-corrected chi connectivity index (χ2v) is 7.51. The molecule has 6 heteroatoms. The largest absolute Gasteiger partial charge is 0.619 e. The molecular formula is C24H23N3O3. The van der Waals surface area contributed by atoms with E-state index in [0.29, 0.717) is 16.7 Å². The standard InChI is InChI=1S/C24H23N3O3/c1-17-16-23(27(18(2)28)20-8-4-3-5-9-20)21-10-6-7-11-22(21)26(17)24(29)19-12-14-25(30)15-13-19/h3-15,17,23H,16H2,1-2H3. The van der Waals surface area contributed by atoms with Gasteiger partial charge in [-0.3, -0.25) is 9.59 Å². The molecule has 2 unspecified atom stereocenters. The molecule has 0 aliphatic carbocycles. The highest BCUT2D eigenvalue weighted by Gasteiger charge is 2.38. The van der Waals surface area contributed by atoms with Gasteiger partial charge in [-0.2, -0.15) is 4.73 Å². The summed E-state index contributed by atoms with van der Waals surface area (Å²) in [7, 11) is 0. The molecule has 6 nitrogen and oxygen atoms in total. The number of hydrogen-bond acceptors (Lipinski definition) is 3. The summed E-state index contributed by atoms with van der Waals surface area (Å²) in [6.07, 6.45) is 3.25. The summed E-state index contributed by atoms with van der Waals surface area (Å²) < 4.78 is 0.658. The van der Waals surface area contributed by atoms with Gasteiger partial charge >= 0.3 is 0 Å². The van der Waals surface area contributed by atoms with E-state index in [0.717, 1.165) is 16.9 Å². The van der Waals surface area contributed by atoms with E-state index in [1.165, 1.54) is 24.5 Å². The summed E-state index contributed by atoms with van der Waals surface area (Å²) in [4.78, 5) is 29.5. The van der Waals surface area contributed by atoms with E-state index in [-0.39, 0.29) is 23.9 Å². The van der Waals surface area contributed by atoms with E-state index in [2.05, 4.69) is 0 Å². The van der Waals surface area contributed by atoms with Crippen LogP contribution in [0.3, 0.4) is 0 Å². The third kappa shape index (κ3) is 3.52. The average molecular weight is 401 g/mol. The second-order valence-electron chi connectivity index (χ2n) is 7.51. The summed E-state index contributed by atoms with van der Waals surface area (Å²) >= 11 is 0. The zero-order valence-corrected chi connectivity index (χ0v) is 16.9. The van der Waals surface area contributed by atoms with Gasteiger partial charge in [-0.15, -0.1) is 0 Å². The van der Waals surface area contributed by atoms with Crippen LogP contribution in [0.2, 0.25) is 0 Å². The minimum Gasteiger partial charge on any atom is -0.619 e. The van der Waals surface area contributed by atoms with E-state index in [9.17, 15) is 14.8 Å². The number of hydrogen-bond donors (Lipinski definition) is 0. The minimum absolute atomic E-state index is 0.0453. The van der Waals surface area contributed by atoms with Gasteiger partial charge in [-0.05, 0) is 37.1 Å². The van der Waals surface area contributed by atoms with Crippen molar-refractivity contribution < 1.29 is 14.3 Å². The maximum absolute atomic E-state index is 13.3. The molecule has 152 valence electrons. The molecule has 0 saturated heterocycles. The smallest absolute Gasteiger partial charge is 0.258 e. The number of amides is 2. The second kappa shape index (κ2) is 7.99. The van der Waals surface area contributed by atoms with Crippen LogP contribution in [-0.2, 0) is 4.79 Å². The van der Waals surface area contributed by atoms with Gasteiger partial charge in [0.15, 0.2) is 12.4 Å². The summed E-state index contributed by atoms with van der Waals surface area (Å²) in [5.41, 5.74) is 3.00. The van der Waals surface area contributed by atoms with Gasteiger partial charge in [0, 0.05) is 36.5 Å². The van der Waals surface area contributed by atoms with Gasteiger partial charge in [0.2, 0.25) is 5.91 Å². The molecule has 3 aromatic rings. The van der Waals surface area contributed by atoms with Crippen molar-refractivity contribution in [2.75, 3.05) is 9.80 Å². The van der Waals surface area contributed by atoms with Crippen LogP contribution in [0, 0.1) is 5.21 Å². The number of anilines is 2. The molecule has 30 heavy (non-hydrogen) atoms. The van der Waals surface area contributed by atoms with Crippen molar-refractivity contribution in [2.45, 2.75) is 32.4 Å². The highest BCUT2D eigenvalue weighted by molar-refractivity contribution is 6.07. The molecule has 2 aromatic carbocycles. The number of carbonyl (C=O) groups is 2. The molecule has 0 saturated carbocycles. The molecule has 4 rings (SSSR count). The molecule has 2 heterocycles. The van der Waals surface area contributed by atoms with Crippen LogP contribution in [-0.4, -0.2) is 17.9 Å². The van der Waals surface area contributed by atoms with E-state index in [1.807, 2.05) is 61.5 Å². The lowest BCUT2D eigenvalue weighted by Crippen LogP contribution is -2.47. The number of nitrogens with zero attached hydrogens (tertiary/aromatic N) is 3. The fraction of sp³-hybridized carbons (Fsp3) is 0.208. The van der Waals surface area contributed by atoms with Crippen LogP contribution >= 0.6 is 0 Å². The van der Waals surface area contributed by atoms with Crippen molar-refractivity contribution in [2.24, 2.45) is 0 Å². The van der Waals surface area contributed by atoms with Gasteiger partial charge in [-0.1, -0.05) is 36.4 Å². The first-order valence-electron chi connectivity index (χ1n) is 9.93. The number of benzene rings is 2. The molecule has 0 spiro atoms. The number of para-hydroxylation sites is 2. The summed E-state index contributed by atoms with van der Waals surface area (Å²) in [6.45, 7) is 3.56.